The fourth-order valence-electron chi connectivity index (χ4n) is 3.75. The third-order valence-electron chi connectivity index (χ3n) is 5.52. The van der Waals surface area contributed by atoms with Crippen LogP contribution in [-0.2, 0) is 10.2 Å². The molecule has 0 saturated heterocycles. The van der Waals surface area contributed by atoms with Crippen LogP contribution in [0.1, 0.15) is 56.2 Å². The van der Waals surface area contributed by atoms with Crippen LogP contribution >= 0.6 is 0 Å². The van der Waals surface area contributed by atoms with Gasteiger partial charge >= 0.3 is 0 Å². The van der Waals surface area contributed by atoms with Crippen LogP contribution in [0.2, 0.25) is 0 Å². The summed E-state index contributed by atoms with van der Waals surface area (Å²) in [5.41, 5.74) is 3.11. The molecular formula is C28H36N4O3. The molecule has 35 heavy (non-hydrogen) atoms. The van der Waals surface area contributed by atoms with Crippen LogP contribution in [0.4, 0.5) is 5.82 Å². The van der Waals surface area contributed by atoms with E-state index in [1.165, 1.54) is 0 Å². The molecule has 2 aromatic carbocycles. The van der Waals surface area contributed by atoms with Gasteiger partial charge in [0.05, 0.1) is 18.5 Å². The lowest BCUT2D eigenvalue weighted by atomic mass is 9.92. The van der Waals surface area contributed by atoms with E-state index in [9.17, 15) is 9.59 Å². The highest BCUT2D eigenvalue weighted by Gasteiger charge is 2.24. The van der Waals surface area contributed by atoms with Gasteiger partial charge in [-0.2, -0.15) is 5.10 Å². The topological polar surface area (TPSA) is 76.5 Å². The first-order valence-electron chi connectivity index (χ1n) is 11.9. The third-order valence-corrected chi connectivity index (χ3v) is 5.52. The number of rotatable bonds is 8. The van der Waals surface area contributed by atoms with E-state index in [1.807, 2.05) is 51.1 Å². The van der Waals surface area contributed by atoms with Crippen LogP contribution in [0.5, 0.6) is 5.75 Å². The number of nitrogens with one attached hydrogen (secondary N) is 1. The predicted octanol–water partition coefficient (Wildman–Crippen LogP) is 5.22. The number of carbonyl (C=O) groups is 2. The molecule has 2 amide bonds. The van der Waals surface area contributed by atoms with Crippen molar-refractivity contribution in [1.82, 2.24) is 14.7 Å². The maximum Gasteiger partial charge on any atom is 0.254 e. The van der Waals surface area contributed by atoms with Gasteiger partial charge in [-0.3, -0.25) is 9.59 Å². The van der Waals surface area contributed by atoms with Gasteiger partial charge in [-0.25, -0.2) is 4.68 Å². The Kier molecular flexibility index (Phi) is 7.99. The Labute approximate surface area is 208 Å². The van der Waals surface area contributed by atoms with Crippen LogP contribution < -0.4 is 10.1 Å². The minimum Gasteiger partial charge on any atom is -0.497 e. The lowest BCUT2D eigenvalue weighted by Crippen LogP contribution is -2.40. The summed E-state index contributed by atoms with van der Waals surface area (Å²) in [5, 5.41) is 7.78. The molecular weight excluding hydrogens is 440 g/mol. The molecule has 186 valence electrons. The predicted molar refractivity (Wildman–Crippen MR) is 139 cm³/mol. The van der Waals surface area contributed by atoms with E-state index in [-0.39, 0.29) is 29.7 Å². The monoisotopic (exact) mass is 476 g/mol. The number of aromatic nitrogens is 2. The molecule has 7 heteroatoms. The summed E-state index contributed by atoms with van der Waals surface area (Å²) in [7, 11) is 1.56. The van der Waals surface area contributed by atoms with E-state index in [0.717, 1.165) is 16.9 Å². The number of methoxy groups -OCH3 is 1. The van der Waals surface area contributed by atoms with E-state index < -0.39 is 0 Å². The van der Waals surface area contributed by atoms with Crippen LogP contribution in [0.15, 0.2) is 54.6 Å². The van der Waals surface area contributed by atoms with Gasteiger partial charge in [0.15, 0.2) is 0 Å². The average molecular weight is 477 g/mol. The van der Waals surface area contributed by atoms with Gasteiger partial charge in [-0.1, -0.05) is 52.8 Å². The Hall–Kier alpha value is -3.61. The number of benzene rings is 2. The minimum atomic E-state index is -0.281. The van der Waals surface area contributed by atoms with Crippen molar-refractivity contribution < 1.29 is 14.3 Å². The van der Waals surface area contributed by atoms with E-state index in [1.54, 1.807) is 41.0 Å². The van der Waals surface area contributed by atoms with Crippen LogP contribution in [-0.4, -0.2) is 46.7 Å². The number of carbonyl (C=O) groups excluding carboxylic acids is 2. The third kappa shape index (κ3) is 6.72. The molecule has 0 atom stereocenters. The van der Waals surface area contributed by atoms with Crippen molar-refractivity contribution in [2.75, 3.05) is 25.5 Å². The van der Waals surface area contributed by atoms with Crippen molar-refractivity contribution in [3.8, 4) is 11.4 Å². The summed E-state index contributed by atoms with van der Waals surface area (Å²) < 4.78 is 7.01. The summed E-state index contributed by atoms with van der Waals surface area (Å²) in [6, 6.07) is 16.8. The summed E-state index contributed by atoms with van der Waals surface area (Å²) in [6.07, 6.45) is 0. The molecule has 1 aromatic heterocycles. The first kappa shape index (κ1) is 26.0. The second kappa shape index (κ2) is 10.8. The van der Waals surface area contributed by atoms with Gasteiger partial charge in [-0.15, -0.1) is 0 Å². The number of hydrogen-bond donors (Lipinski definition) is 1. The Morgan fingerprint density at radius 3 is 2.43 bits per heavy atom. The zero-order chi connectivity index (χ0) is 25.8. The van der Waals surface area contributed by atoms with Crippen molar-refractivity contribution in [3.05, 3.63) is 71.4 Å². The molecule has 1 N–H and O–H groups in total. The summed E-state index contributed by atoms with van der Waals surface area (Å²) in [4.78, 5) is 28.0. The molecule has 3 aromatic rings. The molecule has 3 rings (SSSR count). The Balaban J connectivity index is 1.88. The standard InChI is InChI=1S/C28H36N4O3/c1-19(2)17-31(27(34)21-11-9-13-23(15-21)35-7)18-26(33)29-25-16-24(28(4,5)6)30-32(25)22-12-8-10-20(3)14-22/h8-16,19H,17-18H2,1-7H3,(H,29,33). The molecule has 0 aliphatic carbocycles. The molecule has 7 nitrogen and oxygen atoms in total. The smallest absolute Gasteiger partial charge is 0.254 e. The van der Waals surface area contributed by atoms with Crippen molar-refractivity contribution in [2.24, 2.45) is 5.92 Å². The fraction of sp³-hybridized carbons (Fsp3) is 0.393. The van der Waals surface area contributed by atoms with Crippen molar-refractivity contribution in [2.45, 2.75) is 47.0 Å². The fourth-order valence-corrected chi connectivity index (χ4v) is 3.75. The molecule has 1 heterocycles. The number of aryl methyl sites for hydroxylation is 1. The highest BCUT2D eigenvalue weighted by Crippen LogP contribution is 2.26. The zero-order valence-corrected chi connectivity index (χ0v) is 21.8. The Morgan fingerprint density at radius 2 is 1.80 bits per heavy atom. The van der Waals surface area contributed by atoms with Crippen LogP contribution in [0.3, 0.4) is 0 Å². The van der Waals surface area contributed by atoms with Gasteiger partial charge in [-0.05, 0) is 48.7 Å². The quantitative estimate of drug-likeness (QED) is 0.483. The number of ether oxygens (including phenoxy) is 1. The second-order valence-corrected chi connectivity index (χ2v) is 10.3. The van der Waals surface area contributed by atoms with Gasteiger partial charge in [0.2, 0.25) is 5.91 Å². The highest BCUT2D eigenvalue weighted by molar-refractivity contribution is 5.99. The highest BCUT2D eigenvalue weighted by atomic mass is 16.5. The summed E-state index contributed by atoms with van der Waals surface area (Å²) >= 11 is 0. The number of hydrogen-bond acceptors (Lipinski definition) is 4. The second-order valence-electron chi connectivity index (χ2n) is 10.3. The maximum atomic E-state index is 13.3. The molecule has 0 aliphatic heterocycles. The van der Waals surface area contributed by atoms with E-state index in [4.69, 9.17) is 9.84 Å². The Bertz CT molecular complexity index is 1190. The molecule has 0 unspecified atom stereocenters. The first-order valence-corrected chi connectivity index (χ1v) is 11.9. The number of nitrogens with zero attached hydrogens (tertiary/aromatic N) is 3. The largest absolute Gasteiger partial charge is 0.497 e. The van der Waals surface area contributed by atoms with Gasteiger partial charge in [0, 0.05) is 23.6 Å². The minimum absolute atomic E-state index is 0.0714. The zero-order valence-electron chi connectivity index (χ0n) is 21.8. The first-order chi connectivity index (χ1) is 16.5. The molecule has 0 aliphatic rings. The normalized spacial score (nSPS) is 11.4. The number of amides is 2. The van der Waals surface area contributed by atoms with Crippen LogP contribution in [0.25, 0.3) is 5.69 Å². The molecule has 0 spiro atoms. The van der Waals surface area contributed by atoms with Gasteiger partial charge in [0.1, 0.15) is 18.1 Å². The number of anilines is 1. The SMILES string of the molecule is COc1cccc(C(=O)N(CC(=O)Nc2cc(C(C)(C)C)nn2-c2cccc(C)c2)CC(C)C)c1. The van der Waals surface area contributed by atoms with Gasteiger partial charge in [0.25, 0.3) is 5.91 Å². The van der Waals surface area contributed by atoms with E-state index in [0.29, 0.717) is 23.7 Å². The summed E-state index contributed by atoms with van der Waals surface area (Å²) in [6.45, 7) is 12.7. The molecule has 0 fully saturated rings. The lowest BCUT2D eigenvalue weighted by Gasteiger charge is -2.24. The van der Waals surface area contributed by atoms with Crippen molar-refractivity contribution in [1.29, 1.82) is 0 Å². The van der Waals surface area contributed by atoms with Gasteiger partial charge < -0.3 is 15.0 Å². The Morgan fingerprint density at radius 1 is 1.09 bits per heavy atom. The van der Waals surface area contributed by atoms with Crippen molar-refractivity contribution in [3.63, 3.8) is 0 Å². The van der Waals surface area contributed by atoms with E-state index >= 15 is 0 Å². The average Bonchev–Trinajstić information content (AvgIpc) is 3.22. The summed E-state index contributed by atoms with van der Waals surface area (Å²) in [5.74, 6) is 0.875. The molecule has 0 radical (unpaired) electrons. The maximum absolute atomic E-state index is 13.3. The molecule has 0 bridgehead atoms. The van der Waals surface area contributed by atoms with Crippen LogP contribution in [0, 0.1) is 12.8 Å². The lowest BCUT2D eigenvalue weighted by molar-refractivity contribution is -0.117. The molecule has 0 saturated carbocycles. The van der Waals surface area contributed by atoms with Crippen molar-refractivity contribution >= 4 is 17.6 Å². The van der Waals surface area contributed by atoms with E-state index in [2.05, 4.69) is 26.1 Å².